The van der Waals surface area contributed by atoms with Crippen LogP contribution in [0.3, 0.4) is 0 Å². The third-order valence-electron chi connectivity index (χ3n) is 2.77. The molecule has 1 N–H and O–H groups in total. The van der Waals surface area contributed by atoms with E-state index in [9.17, 15) is 0 Å². The van der Waals surface area contributed by atoms with Crippen LogP contribution >= 0.6 is 11.5 Å². The minimum Gasteiger partial charge on any atom is -0.353 e. The lowest BCUT2D eigenvalue weighted by molar-refractivity contribution is 0.587. The SMILES string of the molecule is c1ccc2c(c1)sn[14c]2N1CCNCC1. The van der Waals surface area contributed by atoms with Gasteiger partial charge in [-0.2, -0.15) is 4.37 Å². The smallest absolute Gasteiger partial charge is 0.150 e. The monoisotopic (exact) mass is 221 g/mol. The summed E-state index contributed by atoms with van der Waals surface area (Å²) in [6.07, 6.45) is 0. The van der Waals surface area contributed by atoms with E-state index >= 15 is 0 Å². The Bertz CT molecular complexity index is 460. The first-order valence-electron chi connectivity index (χ1n) is 5.25. The maximum absolute atomic E-state index is 4.56. The van der Waals surface area contributed by atoms with E-state index in [0.717, 1.165) is 32.0 Å². The van der Waals surface area contributed by atoms with Gasteiger partial charge in [0.15, 0.2) is 0 Å². The zero-order chi connectivity index (χ0) is 10.1. The lowest BCUT2D eigenvalue weighted by atomic mass is 10.3. The topological polar surface area (TPSA) is 28.2 Å². The van der Waals surface area contributed by atoms with Crippen LogP contribution < -0.4 is 10.2 Å². The minimum atomic E-state index is 1.06. The molecule has 0 bridgehead atoms. The highest BCUT2D eigenvalue weighted by Crippen LogP contribution is 2.29. The van der Waals surface area contributed by atoms with Gasteiger partial charge in [-0.25, -0.2) is 0 Å². The third-order valence-corrected chi connectivity index (χ3v) is 3.59. The maximum Gasteiger partial charge on any atom is 0.150 e. The summed E-state index contributed by atoms with van der Waals surface area (Å²) in [6, 6.07) is 8.46. The summed E-state index contributed by atoms with van der Waals surface area (Å²) in [7, 11) is 0. The molecule has 0 amide bonds. The summed E-state index contributed by atoms with van der Waals surface area (Å²) < 4.78 is 5.84. The number of nitrogens with one attached hydrogen (secondary N) is 1. The van der Waals surface area contributed by atoms with Crippen LogP contribution in [-0.4, -0.2) is 30.6 Å². The van der Waals surface area contributed by atoms with E-state index in [4.69, 9.17) is 0 Å². The average Bonchev–Trinajstić information content (AvgIpc) is 2.74. The van der Waals surface area contributed by atoms with Crippen molar-refractivity contribution in [2.75, 3.05) is 31.1 Å². The number of piperazine rings is 1. The summed E-state index contributed by atoms with van der Waals surface area (Å²) in [5.41, 5.74) is 0. The molecule has 15 heavy (non-hydrogen) atoms. The number of hydrogen-bond acceptors (Lipinski definition) is 4. The number of nitrogens with zero attached hydrogens (tertiary/aromatic N) is 2. The fourth-order valence-corrected chi connectivity index (χ4v) is 2.77. The van der Waals surface area contributed by atoms with Crippen molar-refractivity contribution in [3.8, 4) is 0 Å². The molecular weight excluding hydrogens is 208 g/mol. The average molecular weight is 221 g/mol. The zero-order valence-electron chi connectivity index (χ0n) is 8.44. The van der Waals surface area contributed by atoms with Crippen molar-refractivity contribution in [2.45, 2.75) is 0 Å². The molecule has 3 nitrogen and oxygen atoms in total. The van der Waals surface area contributed by atoms with E-state index in [2.05, 4.69) is 38.9 Å². The molecule has 78 valence electrons. The number of anilines is 1. The fourth-order valence-electron chi connectivity index (χ4n) is 1.98. The van der Waals surface area contributed by atoms with Crippen LogP contribution in [0.5, 0.6) is 0 Å². The van der Waals surface area contributed by atoms with E-state index < -0.39 is 0 Å². The summed E-state index contributed by atoms with van der Waals surface area (Å²) in [5.74, 6) is 1.16. The van der Waals surface area contributed by atoms with Crippen molar-refractivity contribution in [1.29, 1.82) is 0 Å². The number of hydrogen-bond donors (Lipinski definition) is 1. The normalized spacial score (nSPS) is 17.2. The first-order chi connectivity index (χ1) is 7.45. The molecule has 4 heteroatoms. The van der Waals surface area contributed by atoms with Gasteiger partial charge < -0.3 is 10.2 Å². The Kier molecular flexibility index (Phi) is 2.31. The Morgan fingerprint density at radius 2 is 2.07 bits per heavy atom. The van der Waals surface area contributed by atoms with Gasteiger partial charge in [-0.1, -0.05) is 12.1 Å². The van der Waals surface area contributed by atoms with Crippen LogP contribution in [0.15, 0.2) is 24.3 Å². The van der Waals surface area contributed by atoms with Gasteiger partial charge in [0.2, 0.25) is 0 Å². The molecule has 1 saturated heterocycles. The zero-order valence-corrected chi connectivity index (χ0v) is 9.26. The number of rotatable bonds is 1. The third kappa shape index (κ3) is 1.60. The van der Waals surface area contributed by atoms with E-state index in [0.29, 0.717) is 0 Å². The highest BCUT2D eigenvalue weighted by atomic mass is 32.1. The standard InChI is InChI=1S/C11H13N3S/c1-2-4-10-9(3-1)11(13-15-10)14-7-5-12-6-8-14/h1-4,12H,5-8H2/i11+2. The summed E-state index contributed by atoms with van der Waals surface area (Å²) >= 11 is 1.60. The molecule has 2 aromatic rings. The Hall–Kier alpha value is -1.13. The molecule has 1 aliphatic rings. The molecule has 0 saturated carbocycles. The molecule has 0 aliphatic carbocycles. The first-order valence-corrected chi connectivity index (χ1v) is 6.02. The first kappa shape index (κ1) is 9.12. The van der Waals surface area contributed by atoms with Crippen LogP contribution in [0.1, 0.15) is 0 Å². The molecule has 1 aromatic carbocycles. The van der Waals surface area contributed by atoms with E-state index in [-0.39, 0.29) is 0 Å². The second-order valence-corrected chi connectivity index (χ2v) is 4.54. The highest BCUT2D eigenvalue weighted by molar-refractivity contribution is 7.13. The van der Waals surface area contributed by atoms with Gasteiger partial charge in [0, 0.05) is 31.6 Å². The molecule has 1 aliphatic heterocycles. The Morgan fingerprint density at radius 1 is 1.27 bits per heavy atom. The fraction of sp³-hybridized carbons (Fsp3) is 0.364. The molecule has 1 aromatic heterocycles. The van der Waals surface area contributed by atoms with Crippen molar-refractivity contribution < 1.29 is 0 Å². The van der Waals surface area contributed by atoms with Gasteiger partial charge in [0.05, 0.1) is 4.70 Å². The van der Waals surface area contributed by atoms with Gasteiger partial charge in [-0.3, -0.25) is 0 Å². The van der Waals surface area contributed by atoms with Gasteiger partial charge in [0.1, 0.15) is 5.82 Å². The number of fused-ring (bicyclic) bond motifs is 1. The summed E-state index contributed by atoms with van der Waals surface area (Å²) in [5, 5.41) is 4.65. The van der Waals surface area contributed by atoms with Crippen LogP contribution in [0.2, 0.25) is 0 Å². The summed E-state index contributed by atoms with van der Waals surface area (Å²) in [4.78, 5) is 2.37. The van der Waals surface area contributed by atoms with Gasteiger partial charge in [0.25, 0.3) is 0 Å². The molecule has 0 unspecified atom stereocenters. The van der Waals surface area contributed by atoms with Crippen molar-refractivity contribution in [1.82, 2.24) is 9.69 Å². The van der Waals surface area contributed by atoms with Gasteiger partial charge >= 0.3 is 0 Å². The molecule has 0 spiro atoms. The van der Waals surface area contributed by atoms with Crippen LogP contribution in [0, 0.1) is 0 Å². The van der Waals surface area contributed by atoms with Crippen LogP contribution in [0.25, 0.3) is 10.1 Å². The van der Waals surface area contributed by atoms with Crippen molar-refractivity contribution in [3.05, 3.63) is 24.3 Å². The van der Waals surface area contributed by atoms with Crippen LogP contribution in [-0.2, 0) is 0 Å². The van der Waals surface area contributed by atoms with E-state index in [1.807, 2.05) is 0 Å². The van der Waals surface area contributed by atoms with Crippen LogP contribution in [0.4, 0.5) is 5.82 Å². The Balaban J connectivity index is 2.02. The minimum absolute atomic E-state index is 1.06. The van der Waals surface area contributed by atoms with E-state index in [1.165, 1.54) is 10.1 Å². The van der Waals surface area contributed by atoms with Crippen molar-refractivity contribution >= 4 is 27.4 Å². The predicted octanol–water partition coefficient (Wildman–Crippen LogP) is 1.71. The Labute approximate surface area is 92.9 Å². The second kappa shape index (κ2) is 3.79. The molecule has 1 fully saturated rings. The van der Waals surface area contributed by atoms with Crippen molar-refractivity contribution in [3.63, 3.8) is 0 Å². The lowest BCUT2D eigenvalue weighted by Crippen LogP contribution is -2.43. The molecule has 0 radical (unpaired) electrons. The summed E-state index contributed by atoms with van der Waals surface area (Å²) in [6.45, 7) is 4.25. The molecule has 3 rings (SSSR count). The predicted molar refractivity (Wildman–Crippen MR) is 64.7 cm³/mol. The lowest BCUT2D eigenvalue weighted by Gasteiger charge is -2.27. The second-order valence-electron chi connectivity index (χ2n) is 3.74. The largest absolute Gasteiger partial charge is 0.353 e. The van der Waals surface area contributed by atoms with Crippen molar-refractivity contribution in [2.24, 2.45) is 0 Å². The number of benzene rings is 1. The highest BCUT2D eigenvalue weighted by Gasteiger charge is 2.15. The van der Waals surface area contributed by atoms with Gasteiger partial charge in [-0.15, -0.1) is 0 Å². The van der Waals surface area contributed by atoms with Gasteiger partial charge in [-0.05, 0) is 23.7 Å². The quantitative estimate of drug-likeness (QED) is 0.794. The molecule has 0 atom stereocenters. The van der Waals surface area contributed by atoms with E-state index in [1.54, 1.807) is 11.5 Å². The molecule has 2 heterocycles. The number of aromatic nitrogens is 1. The molecular formula is C11H13N3S. The maximum atomic E-state index is 4.56. The Morgan fingerprint density at radius 3 is 2.93 bits per heavy atom.